The van der Waals surface area contributed by atoms with Gasteiger partial charge in [0.25, 0.3) is 0 Å². The van der Waals surface area contributed by atoms with E-state index in [2.05, 4.69) is 421 Å². The smallest absolute Gasteiger partial charge is 0.0764 e. The Morgan fingerprint density at radius 2 is 0.566 bits per heavy atom. The first-order valence-corrected chi connectivity index (χ1v) is 37.6. The fourth-order valence-corrected chi connectivity index (χ4v) is 20.0. The third-order valence-corrected chi connectivity index (χ3v) is 24.4. The molecule has 0 saturated carbocycles. The maximum absolute atomic E-state index is 2.52. The van der Waals surface area contributed by atoms with Crippen LogP contribution in [0.2, 0.25) is 0 Å². The highest BCUT2D eigenvalue weighted by Crippen LogP contribution is 2.64. The van der Waals surface area contributed by atoms with E-state index in [0.717, 1.165) is 34.1 Å². The van der Waals surface area contributed by atoms with Gasteiger partial charge in [0.2, 0.25) is 0 Å². The van der Waals surface area contributed by atoms with E-state index in [0.29, 0.717) is 0 Å². The fraction of sp³-hybridized carbons (Fsp3) is 0.0495. The second-order valence-electron chi connectivity index (χ2n) is 29.0. The lowest BCUT2D eigenvalue weighted by Crippen LogP contribution is -2.44. The van der Waals surface area contributed by atoms with E-state index < -0.39 is 10.8 Å². The molecule has 2 spiro atoms. The topological polar surface area (TPSA) is 16.3 Å². The van der Waals surface area contributed by atoms with Crippen LogP contribution in [0, 0.1) is 0 Å². The Hall–Kier alpha value is -12.9. The number of hydrogen-bond acceptors (Lipinski definition) is 3. The van der Waals surface area contributed by atoms with E-state index >= 15 is 0 Å². The van der Waals surface area contributed by atoms with Crippen molar-refractivity contribution < 1.29 is 0 Å². The average molecular weight is 1370 g/mol. The standard InChI is InChI=1S/C52H38N2.C49H32N2S/c1-51(2)42-22-10-11-23-43(42)52(45-24-12-14-27-49(45)54-48-26-13-9-20-40(48)41-21-15-25-46(52)50(41)54)44-33-32-39(34-47(44)51)53(37-18-7-4-8-19-37)38-30-28-36(29-31-38)35-16-5-3-6-17-35;1-3-14-33(15-4-1)34-26-28-36(29-27-34)50(35-16-5-2-6-17-35)37-30-31-42-47(32-37)52-46-25-12-9-21-41(46)49(42)40-20-8-11-24-45(40)51-44-23-10-7-18-38(44)39-19-13-22-43(49)48(39)51/h3-34H,1-2H3;1-32H. The van der Waals surface area contributed by atoms with Crippen molar-refractivity contribution in [2.45, 2.75) is 39.9 Å². The summed E-state index contributed by atoms with van der Waals surface area (Å²) < 4.78 is 5.03. The highest BCUT2D eigenvalue weighted by Gasteiger charge is 2.54. The highest BCUT2D eigenvalue weighted by molar-refractivity contribution is 7.99. The van der Waals surface area contributed by atoms with Gasteiger partial charge in [-0.2, -0.15) is 0 Å². The Balaban J connectivity index is 0.000000136. The Labute approximate surface area is 621 Å². The van der Waals surface area contributed by atoms with Gasteiger partial charge in [-0.1, -0.05) is 311 Å². The Kier molecular flexibility index (Phi) is 14.0. The monoisotopic (exact) mass is 1370 g/mol. The van der Waals surface area contributed by atoms with Gasteiger partial charge in [0.1, 0.15) is 0 Å². The molecule has 3 aliphatic heterocycles. The number of nitrogens with zero attached hydrogens (tertiary/aromatic N) is 4. The molecule has 18 aromatic rings. The van der Waals surface area contributed by atoms with Crippen LogP contribution < -0.4 is 9.80 Å². The molecule has 5 heterocycles. The molecule has 106 heavy (non-hydrogen) atoms. The molecule has 4 nitrogen and oxygen atoms in total. The molecule has 2 aromatic heterocycles. The van der Waals surface area contributed by atoms with E-state index in [9.17, 15) is 0 Å². The fourth-order valence-electron chi connectivity index (χ4n) is 18.8. The largest absolute Gasteiger partial charge is 0.310 e. The van der Waals surface area contributed by atoms with Crippen LogP contribution in [0.1, 0.15) is 69.5 Å². The van der Waals surface area contributed by atoms with E-state index in [1.807, 2.05) is 11.8 Å². The minimum atomic E-state index is -0.518. The number of aromatic nitrogens is 2. The summed E-state index contributed by atoms with van der Waals surface area (Å²) >= 11 is 1.89. The van der Waals surface area contributed by atoms with Crippen molar-refractivity contribution in [3.8, 4) is 33.6 Å². The number of fused-ring (bicyclic) bond motifs is 22. The van der Waals surface area contributed by atoms with Crippen LogP contribution in [0.3, 0.4) is 0 Å². The second kappa shape index (κ2) is 24.1. The van der Waals surface area contributed by atoms with E-state index in [1.54, 1.807) is 0 Å². The maximum atomic E-state index is 2.52. The van der Waals surface area contributed by atoms with Crippen LogP contribution in [0.4, 0.5) is 34.1 Å². The second-order valence-corrected chi connectivity index (χ2v) is 30.1. The summed E-state index contributed by atoms with van der Waals surface area (Å²) in [5, 5.41) is 5.17. The molecule has 0 fully saturated rings. The number of rotatable bonds is 8. The van der Waals surface area contributed by atoms with Crippen molar-refractivity contribution in [1.29, 1.82) is 0 Å². The van der Waals surface area contributed by atoms with Gasteiger partial charge in [-0.25, -0.2) is 0 Å². The minimum Gasteiger partial charge on any atom is -0.310 e. The lowest BCUT2D eigenvalue weighted by Gasteiger charge is -2.50. The van der Waals surface area contributed by atoms with E-state index in [-0.39, 0.29) is 5.41 Å². The van der Waals surface area contributed by atoms with Gasteiger partial charge >= 0.3 is 0 Å². The minimum absolute atomic E-state index is 0.264. The summed E-state index contributed by atoms with van der Waals surface area (Å²) in [6.07, 6.45) is 0. The van der Waals surface area contributed by atoms with Crippen molar-refractivity contribution >= 4 is 89.5 Å². The van der Waals surface area contributed by atoms with E-state index in [4.69, 9.17) is 0 Å². The van der Waals surface area contributed by atoms with Crippen LogP contribution in [0.5, 0.6) is 0 Å². The predicted octanol–water partition coefficient (Wildman–Crippen LogP) is 26.3. The lowest BCUT2D eigenvalue weighted by molar-refractivity contribution is 0.556. The predicted molar refractivity (Wildman–Crippen MR) is 442 cm³/mol. The molecule has 0 saturated heterocycles. The van der Waals surface area contributed by atoms with Gasteiger partial charge in [-0.05, 0) is 181 Å². The van der Waals surface area contributed by atoms with Crippen LogP contribution in [0.25, 0.3) is 77.2 Å². The summed E-state index contributed by atoms with van der Waals surface area (Å²) in [5.41, 5.74) is 31.3. The third kappa shape index (κ3) is 8.97. The lowest BCUT2D eigenvalue weighted by atomic mass is 9.53. The van der Waals surface area contributed by atoms with Crippen LogP contribution in [-0.4, -0.2) is 9.13 Å². The summed E-state index contributed by atoms with van der Waals surface area (Å²) in [6.45, 7) is 4.82. The molecule has 0 bridgehead atoms. The number of benzene rings is 16. The third-order valence-electron chi connectivity index (χ3n) is 23.3. The number of para-hydroxylation sites is 8. The molecule has 2 unspecified atom stereocenters. The summed E-state index contributed by atoms with van der Waals surface area (Å²) in [6, 6.07) is 143. The van der Waals surface area contributed by atoms with Crippen molar-refractivity contribution in [3.63, 3.8) is 0 Å². The van der Waals surface area contributed by atoms with Gasteiger partial charge in [-0.15, -0.1) is 0 Å². The molecule has 22 rings (SSSR count). The molecule has 1 aliphatic carbocycles. The molecular weight excluding hydrogens is 1300 g/mol. The quantitative estimate of drug-likeness (QED) is 0.151. The Bertz CT molecular complexity index is 6520. The van der Waals surface area contributed by atoms with Crippen molar-refractivity contribution in [2.75, 3.05) is 9.80 Å². The van der Waals surface area contributed by atoms with Gasteiger partial charge in [0.05, 0.1) is 44.3 Å². The molecule has 0 radical (unpaired) electrons. The summed E-state index contributed by atoms with van der Waals surface area (Å²) in [5.74, 6) is 0. The van der Waals surface area contributed by atoms with E-state index in [1.165, 1.54) is 143 Å². The Morgan fingerprint density at radius 3 is 1.08 bits per heavy atom. The Morgan fingerprint density at radius 1 is 0.226 bits per heavy atom. The summed E-state index contributed by atoms with van der Waals surface area (Å²) in [7, 11) is 0. The molecule has 4 aliphatic rings. The maximum Gasteiger partial charge on any atom is 0.0764 e. The SMILES string of the molecule is CC1(C)c2ccccc2C2(c3ccccc3-n3c4ccccc4c4cccc2c43)c2ccc(N(c3ccccc3)c3ccc(-c4ccccc4)cc3)cc21.c1ccc(-c2ccc(N(c3ccccc3)c3ccc4c(c3)Sc3ccccc3C43c4ccccc4-n4c5ccccc5c5cccc3c54)cc2)cc1. The van der Waals surface area contributed by atoms with Crippen LogP contribution >= 0.6 is 11.8 Å². The normalized spacial score (nSPS) is 15.8. The zero-order valence-corrected chi connectivity index (χ0v) is 59.5. The molecule has 500 valence electrons. The van der Waals surface area contributed by atoms with Crippen molar-refractivity contribution in [1.82, 2.24) is 9.13 Å². The van der Waals surface area contributed by atoms with Gasteiger partial charge in [-0.3, -0.25) is 0 Å². The average Bonchev–Trinajstić information content (AvgIpc) is 1.23. The highest BCUT2D eigenvalue weighted by atomic mass is 32.2. The first-order valence-electron chi connectivity index (χ1n) is 36.8. The van der Waals surface area contributed by atoms with Crippen molar-refractivity contribution in [3.05, 3.63) is 444 Å². The van der Waals surface area contributed by atoms with Crippen LogP contribution in [-0.2, 0) is 16.2 Å². The molecule has 0 amide bonds. The molecule has 0 N–H and O–H groups in total. The van der Waals surface area contributed by atoms with Gasteiger partial charge in [0.15, 0.2) is 0 Å². The zero-order chi connectivity index (χ0) is 70.2. The van der Waals surface area contributed by atoms with Crippen LogP contribution in [0.15, 0.2) is 398 Å². The molecule has 5 heteroatoms. The zero-order valence-electron chi connectivity index (χ0n) is 58.6. The first kappa shape index (κ1) is 61.7. The molecular formula is C101H70N4S. The van der Waals surface area contributed by atoms with Crippen molar-refractivity contribution in [2.24, 2.45) is 0 Å². The number of anilines is 6. The summed E-state index contributed by atoms with van der Waals surface area (Å²) in [4.78, 5) is 7.36. The molecule has 16 aromatic carbocycles. The van der Waals surface area contributed by atoms with Gasteiger partial charge in [0, 0.05) is 70.9 Å². The number of hydrogen-bond donors (Lipinski definition) is 0. The first-order chi connectivity index (χ1) is 52.4. The molecule has 2 atom stereocenters. The van der Waals surface area contributed by atoms with Gasteiger partial charge < -0.3 is 18.9 Å².